The summed E-state index contributed by atoms with van der Waals surface area (Å²) >= 11 is 0. The molecular weight excluding hydrogens is 236 g/mol. The smallest absolute Gasteiger partial charge is 0.118 e. The first-order valence-electron chi connectivity index (χ1n) is 7.40. The SMILES string of the molecule is CC1=CCCN(Cc2cc(CNC3CC3)c(C)o2)C1. The zero-order valence-electron chi connectivity index (χ0n) is 12.0. The molecule has 19 heavy (non-hydrogen) atoms. The summed E-state index contributed by atoms with van der Waals surface area (Å²) in [6.07, 6.45) is 6.18. The Kier molecular flexibility index (Phi) is 3.76. The van der Waals surface area contributed by atoms with Crippen LogP contribution in [0.1, 0.15) is 43.3 Å². The second-order valence-electron chi connectivity index (χ2n) is 6.00. The van der Waals surface area contributed by atoms with Gasteiger partial charge in [-0.25, -0.2) is 0 Å². The Hall–Kier alpha value is -1.06. The highest BCUT2D eigenvalue weighted by molar-refractivity contribution is 5.21. The molecule has 0 bridgehead atoms. The van der Waals surface area contributed by atoms with E-state index >= 15 is 0 Å². The van der Waals surface area contributed by atoms with Crippen LogP contribution >= 0.6 is 0 Å². The average Bonchev–Trinajstić information content (AvgIpc) is 3.12. The van der Waals surface area contributed by atoms with E-state index in [9.17, 15) is 0 Å². The van der Waals surface area contributed by atoms with Crippen LogP contribution in [0.25, 0.3) is 0 Å². The predicted octanol–water partition coefficient (Wildman–Crippen LogP) is 2.99. The van der Waals surface area contributed by atoms with Gasteiger partial charge in [0.15, 0.2) is 0 Å². The maximum absolute atomic E-state index is 5.90. The van der Waals surface area contributed by atoms with Gasteiger partial charge in [0.05, 0.1) is 6.54 Å². The molecule has 1 aromatic heterocycles. The molecule has 0 atom stereocenters. The molecule has 1 fully saturated rings. The molecule has 2 aliphatic rings. The zero-order valence-corrected chi connectivity index (χ0v) is 12.0. The van der Waals surface area contributed by atoms with Crippen molar-refractivity contribution in [2.75, 3.05) is 13.1 Å². The molecule has 3 nitrogen and oxygen atoms in total. The van der Waals surface area contributed by atoms with Gasteiger partial charge in [-0.3, -0.25) is 4.90 Å². The minimum Gasteiger partial charge on any atom is -0.465 e. The van der Waals surface area contributed by atoms with Crippen LogP contribution in [0.5, 0.6) is 0 Å². The van der Waals surface area contributed by atoms with Gasteiger partial charge in [-0.15, -0.1) is 0 Å². The molecule has 0 aromatic carbocycles. The van der Waals surface area contributed by atoms with E-state index in [2.05, 4.69) is 36.2 Å². The number of aryl methyl sites for hydroxylation is 1. The quantitative estimate of drug-likeness (QED) is 0.825. The molecule has 3 rings (SSSR count). The number of hydrogen-bond acceptors (Lipinski definition) is 3. The minimum atomic E-state index is 0.757. The van der Waals surface area contributed by atoms with Crippen LogP contribution in [0.2, 0.25) is 0 Å². The topological polar surface area (TPSA) is 28.4 Å². The van der Waals surface area contributed by atoms with E-state index in [1.165, 1.54) is 30.4 Å². The van der Waals surface area contributed by atoms with Crippen LogP contribution in [0.15, 0.2) is 22.1 Å². The predicted molar refractivity (Wildman–Crippen MR) is 77.0 cm³/mol. The summed E-state index contributed by atoms with van der Waals surface area (Å²) in [5.74, 6) is 2.19. The Morgan fingerprint density at radius 3 is 2.95 bits per heavy atom. The Bertz CT molecular complexity index is 471. The summed E-state index contributed by atoms with van der Waals surface area (Å²) in [6.45, 7) is 8.41. The minimum absolute atomic E-state index is 0.757. The van der Waals surface area contributed by atoms with Gasteiger partial charge < -0.3 is 9.73 Å². The van der Waals surface area contributed by atoms with E-state index in [1.54, 1.807) is 0 Å². The summed E-state index contributed by atoms with van der Waals surface area (Å²) < 4.78 is 5.90. The lowest BCUT2D eigenvalue weighted by molar-refractivity contribution is 0.256. The van der Waals surface area contributed by atoms with Crippen molar-refractivity contribution in [2.45, 2.75) is 52.2 Å². The molecule has 104 valence electrons. The fourth-order valence-corrected chi connectivity index (χ4v) is 2.73. The first-order chi connectivity index (χ1) is 9.20. The Balaban J connectivity index is 1.58. The molecule has 3 heteroatoms. The van der Waals surface area contributed by atoms with Gasteiger partial charge >= 0.3 is 0 Å². The van der Waals surface area contributed by atoms with Gasteiger partial charge in [-0.05, 0) is 39.2 Å². The molecular formula is C16H24N2O. The van der Waals surface area contributed by atoms with Gasteiger partial charge in [-0.2, -0.15) is 0 Å². The number of rotatable bonds is 5. The van der Waals surface area contributed by atoms with Crippen molar-refractivity contribution in [3.63, 3.8) is 0 Å². The molecule has 1 N–H and O–H groups in total. The Morgan fingerprint density at radius 1 is 1.37 bits per heavy atom. The molecule has 0 spiro atoms. The molecule has 1 aliphatic carbocycles. The number of nitrogens with zero attached hydrogens (tertiary/aromatic N) is 1. The summed E-state index contributed by atoms with van der Waals surface area (Å²) in [6, 6.07) is 2.99. The third kappa shape index (κ3) is 3.48. The second-order valence-corrected chi connectivity index (χ2v) is 6.00. The highest BCUT2D eigenvalue weighted by Gasteiger charge is 2.21. The van der Waals surface area contributed by atoms with E-state index in [-0.39, 0.29) is 0 Å². The van der Waals surface area contributed by atoms with Gasteiger partial charge in [0.1, 0.15) is 11.5 Å². The largest absolute Gasteiger partial charge is 0.465 e. The molecule has 2 heterocycles. The molecule has 1 saturated carbocycles. The molecule has 0 amide bonds. The van der Waals surface area contributed by atoms with Crippen LogP contribution in [0, 0.1) is 6.92 Å². The maximum atomic E-state index is 5.90. The van der Waals surface area contributed by atoms with Gasteiger partial charge in [0.2, 0.25) is 0 Å². The summed E-state index contributed by atoms with van der Waals surface area (Å²) in [7, 11) is 0. The van der Waals surface area contributed by atoms with E-state index in [1.807, 2.05) is 0 Å². The number of hydrogen-bond donors (Lipinski definition) is 1. The average molecular weight is 260 g/mol. The van der Waals surface area contributed by atoms with Crippen molar-refractivity contribution >= 4 is 0 Å². The summed E-state index contributed by atoms with van der Waals surface area (Å²) in [5, 5.41) is 3.56. The Labute approximate surface area is 115 Å². The zero-order chi connectivity index (χ0) is 13.2. The van der Waals surface area contributed by atoms with Gasteiger partial charge in [0, 0.05) is 31.2 Å². The van der Waals surface area contributed by atoms with E-state index in [4.69, 9.17) is 4.42 Å². The van der Waals surface area contributed by atoms with Crippen molar-refractivity contribution in [2.24, 2.45) is 0 Å². The van der Waals surface area contributed by atoms with Crippen molar-refractivity contribution in [3.05, 3.63) is 34.8 Å². The second kappa shape index (κ2) is 5.51. The lowest BCUT2D eigenvalue weighted by Crippen LogP contribution is -2.28. The van der Waals surface area contributed by atoms with Crippen molar-refractivity contribution in [3.8, 4) is 0 Å². The first kappa shape index (κ1) is 12.9. The third-order valence-electron chi connectivity index (χ3n) is 4.02. The standard InChI is InChI=1S/C16H24N2O/c1-12-4-3-7-18(10-12)11-16-8-14(13(2)19-16)9-17-15-5-6-15/h4,8,15,17H,3,5-7,9-11H2,1-2H3. The lowest BCUT2D eigenvalue weighted by atomic mass is 10.1. The van der Waals surface area contributed by atoms with E-state index in [0.717, 1.165) is 43.7 Å². The van der Waals surface area contributed by atoms with E-state index in [0.29, 0.717) is 0 Å². The monoisotopic (exact) mass is 260 g/mol. The molecule has 1 aliphatic heterocycles. The third-order valence-corrected chi connectivity index (χ3v) is 4.02. The van der Waals surface area contributed by atoms with Gasteiger partial charge in [-0.1, -0.05) is 11.6 Å². The lowest BCUT2D eigenvalue weighted by Gasteiger charge is -2.24. The van der Waals surface area contributed by atoms with Crippen molar-refractivity contribution in [1.29, 1.82) is 0 Å². The molecule has 0 unspecified atom stereocenters. The van der Waals surface area contributed by atoms with Crippen molar-refractivity contribution < 1.29 is 4.42 Å². The molecule has 0 saturated heterocycles. The van der Waals surface area contributed by atoms with Gasteiger partial charge in [0.25, 0.3) is 0 Å². The summed E-state index contributed by atoms with van der Waals surface area (Å²) in [5.41, 5.74) is 2.80. The number of nitrogens with one attached hydrogen (secondary N) is 1. The van der Waals surface area contributed by atoms with Crippen molar-refractivity contribution in [1.82, 2.24) is 10.2 Å². The fraction of sp³-hybridized carbons (Fsp3) is 0.625. The van der Waals surface area contributed by atoms with Crippen LogP contribution in [0.4, 0.5) is 0 Å². The maximum Gasteiger partial charge on any atom is 0.118 e. The number of furan rings is 1. The van der Waals surface area contributed by atoms with Crippen LogP contribution in [-0.4, -0.2) is 24.0 Å². The van der Waals surface area contributed by atoms with E-state index < -0.39 is 0 Å². The highest BCUT2D eigenvalue weighted by atomic mass is 16.3. The highest BCUT2D eigenvalue weighted by Crippen LogP contribution is 2.22. The first-order valence-corrected chi connectivity index (χ1v) is 7.40. The molecule has 1 aromatic rings. The van der Waals surface area contributed by atoms with Crippen LogP contribution < -0.4 is 5.32 Å². The fourth-order valence-electron chi connectivity index (χ4n) is 2.73. The van der Waals surface area contributed by atoms with Crippen LogP contribution in [0.3, 0.4) is 0 Å². The normalized spacial score (nSPS) is 20.6. The summed E-state index contributed by atoms with van der Waals surface area (Å²) in [4.78, 5) is 2.46. The molecule has 0 radical (unpaired) electrons. The Morgan fingerprint density at radius 2 is 2.21 bits per heavy atom. The van der Waals surface area contributed by atoms with Crippen LogP contribution in [-0.2, 0) is 13.1 Å².